The lowest BCUT2D eigenvalue weighted by molar-refractivity contribution is 0.200. The van der Waals surface area contributed by atoms with E-state index in [0.717, 1.165) is 55.9 Å². The van der Waals surface area contributed by atoms with E-state index in [-0.39, 0.29) is 0 Å². The van der Waals surface area contributed by atoms with E-state index in [0.29, 0.717) is 6.61 Å². The van der Waals surface area contributed by atoms with E-state index in [1.807, 2.05) is 54.6 Å². The van der Waals surface area contributed by atoms with Crippen LogP contribution in [0.2, 0.25) is 0 Å². The van der Waals surface area contributed by atoms with Crippen molar-refractivity contribution in [1.82, 2.24) is 25.1 Å². The monoisotopic (exact) mass is 380 g/mol. The number of aromatic nitrogens is 4. The van der Waals surface area contributed by atoms with Gasteiger partial charge in [0.25, 0.3) is 0 Å². The SMILES string of the molecule is COc1ccc(OCCN2CCN(c3nnnn3-c3ccccc3)CC2)cc1. The van der Waals surface area contributed by atoms with Crippen LogP contribution >= 0.6 is 0 Å². The first kappa shape index (κ1) is 18.2. The van der Waals surface area contributed by atoms with Crippen LogP contribution in [0.15, 0.2) is 54.6 Å². The first-order valence-electron chi connectivity index (χ1n) is 9.41. The Kier molecular flexibility index (Phi) is 5.67. The second-order valence-electron chi connectivity index (χ2n) is 6.58. The highest BCUT2D eigenvalue weighted by Crippen LogP contribution is 2.18. The summed E-state index contributed by atoms with van der Waals surface area (Å²) in [6, 6.07) is 17.7. The minimum atomic E-state index is 0.661. The molecule has 1 aromatic heterocycles. The van der Waals surface area contributed by atoms with Crippen LogP contribution in [0.25, 0.3) is 5.69 Å². The summed E-state index contributed by atoms with van der Waals surface area (Å²) in [5.41, 5.74) is 0.970. The van der Waals surface area contributed by atoms with Crippen molar-refractivity contribution in [2.75, 3.05) is 51.3 Å². The van der Waals surface area contributed by atoms with E-state index in [9.17, 15) is 0 Å². The molecule has 0 amide bonds. The van der Waals surface area contributed by atoms with Crippen LogP contribution in [0.4, 0.5) is 5.95 Å². The lowest BCUT2D eigenvalue weighted by atomic mass is 10.3. The molecule has 0 spiro atoms. The Balaban J connectivity index is 1.27. The fourth-order valence-corrected chi connectivity index (χ4v) is 3.25. The number of para-hydroxylation sites is 1. The molecule has 1 aliphatic heterocycles. The third kappa shape index (κ3) is 4.23. The molecule has 1 aliphatic rings. The van der Waals surface area contributed by atoms with Crippen LogP contribution in [-0.4, -0.2) is 71.5 Å². The summed E-state index contributed by atoms with van der Waals surface area (Å²) in [4.78, 5) is 4.63. The Bertz CT molecular complexity index is 860. The molecule has 0 N–H and O–H groups in total. The van der Waals surface area contributed by atoms with Crippen molar-refractivity contribution in [1.29, 1.82) is 0 Å². The summed E-state index contributed by atoms with van der Waals surface area (Å²) in [6.45, 7) is 5.23. The number of tetrazole rings is 1. The molecule has 4 rings (SSSR count). The highest BCUT2D eigenvalue weighted by Gasteiger charge is 2.22. The third-order valence-corrected chi connectivity index (χ3v) is 4.84. The molecule has 8 nitrogen and oxygen atoms in total. The van der Waals surface area contributed by atoms with E-state index in [1.54, 1.807) is 11.8 Å². The molecule has 146 valence electrons. The Labute approximate surface area is 164 Å². The summed E-state index contributed by atoms with van der Waals surface area (Å²) < 4.78 is 12.8. The number of anilines is 1. The molecular formula is C20H24N6O2. The molecule has 2 aromatic carbocycles. The number of ether oxygens (including phenoxy) is 2. The van der Waals surface area contributed by atoms with Crippen molar-refractivity contribution >= 4 is 5.95 Å². The Hall–Kier alpha value is -3.13. The third-order valence-electron chi connectivity index (χ3n) is 4.84. The zero-order valence-corrected chi connectivity index (χ0v) is 15.9. The molecule has 1 fully saturated rings. The lowest BCUT2D eigenvalue weighted by Crippen LogP contribution is -2.48. The molecular weight excluding hydrogens is 356 g/mol. The summed E-state index contributed by atoms with van der Waals surface area (Å²) in [7, 11) is 1.66. The predicted molar refractivity (Wildman–Crippen MR) is 106 cm³/mol. The molecule has 28 heavy (non-hydrogen) atoms. The minimum absolute atomic E-state index is 0.661. The Morgan fingerprint density at radius 3 is 2.32 bits per heavy atom. The highest BCUT2D eigenvalue weighted by atomic mass is 16.5. The highest BCUT2D eigenvalue weighted by molar-refractivity contribution is 5.40. The maximum atomic E-state index is 5.84. The second-order valence-corrected chi connectivity index (χ2v) is 6.58. The molecule has 0 unspecified atom stereocenters. The van der Waals surface area contributed by atoms with Crippen molar-refractivity contribution in [2.24, 2.45) is 0 Å². The normalized spacial score (nSPS) is 14.8. The number of hydrogen-bond donors (Lipinski definition) is 0. The summed E-state index contributed by atoms with van der Waals surface area (Å²) in [6.07, 6.45) is 0. The zero-order chi connectivity index (χ0) is 19.2. The number of nitrogens with zero attached hydrogens (tertiary/aromatic N) is 6. The van der Waals surface area contributed by atoms with Gasteiger partial charge in [0.05, 0.1) is 12.8 Å². The minimum Gasteiger partial charge on any atom is -0.497 e. The van der Waals surface area contributed by atoms with Gasteiger partial charge in [-0.1, -0.05) is 23.3 Å². The summed E-state index contributed by atoms with van der Waals surface area (Å²) >= 11 is 0. The van der Waals surface area contributed by atoms with Crippen LogP contribution in [0.1, 0.15) is 0 Å². The van der Waals surface area contributed by atoms with Crippen LogP contribution in [-0.2, 0) is 0 Å². The molecule has 2 heterocycles. The van der Waals surface area contributed by atoms with Gasteiger partial charge in [-0.3, -0.25) is 4.90 Å². The number of piperazine rings is 1. The summed E-state index contributed by atoms with van der Waals surface area (Å²) in [5.74, 6) is 2.49. The maximum Gasteiger partial charge on any atom is 0.250 e. The average Bonchev–Trinajstić information content (AvgIpc) is 3.25. The van der Waals surface area contributed by atoms with Crippen LogP contribution in [0.5, 0.6) is 11.5 Å². The van der Waals surface area contributed by atoms with Gasteiger partial charge in [-0.25, -0.2) is 0 Å². The predicted octanol–water partition coefficient (Wildman–Crippen LogP) is 1.87. The standard InChI is InChI=1S/C20H24N6O2/c1-27-18-7-9-19(10-8-18)28-16-15-24-11-13-25(14-12-24)20-21-22-23-26(20)17-5-3-2-4-6-17/h2-10H,11-16H2,1H3. The second kappa shape index (κ2) is 8.71. The van der Waals surface area contributed by atoms with Gasteiger partial charge in [0.15, 0.2) is 0 Å². The van der Waals surface area contributed by atoms with Crippen LogP contribution in [0.3, 0.4) is 0 Å². The van der Waals surface area contributed by atoms with Gasteiger partial charge in [-0.2, -0.15) is 4.68 Å². The Morgan fingerprint density at radius 2 is 1.61 bits per heavy atom. The lowest BCUT2D eigenvalue weighted by Gasteiger charge is -2.34. The largest absolute Gasteiger partial charge is 0.497 e. The van der Waals surface area contributed by atoms with E-state index in [1.165, 1.54) is 0 Å². The van der Waals surface area contributed by atoms with Crippen molar-refractivity contribution in [3.8, 4) is 17.2 Å². The van der Waals surface area contributed by atoms with Gasteiger partial charge >= 0.3 is 0 Å². The molecule has 0 bridgehead atoms. The number of rotatable bonds is 7. The van der Waals surface area contributed by atoms with Gasteiger partial charge in [0.2, 0.25) is 5.95 Å². The topological polar surface area (TPSA) is 68.5 Å². The van der Waals surface area contributed by atoms with E-state index in [4.69, 9.17) is 9.47 Å². The van der Waals surface area contributed by atoms with Gasteiger partial charge in [0.1, 0.15) is 18.1 Å². The van der Waals surface area contributed by atoms with Crippen LogP contribution < -0.4 is 14.4 Å². The smallest absolute Gasteiger partial charge is 0.250 e. The molecule has 0 aliphatic carbocycles. The fourth-order valence-electron chi connectivity index (χ4n) is 3.25. The number of benzene rings is 2. The van der Waals surface area contributed by atoms with Crippen molar-refractivity contribution < 1.29 is 9.47 Å². The molecule has 0 atom stereocenters. The van der Waals surface area contributed by atoms with Crippen molar-refractivity contribution in [3.63, 3.8) is 0 Å². The molecule has 1 saturated heterocycles. The van der Waals surface area contributed by atoms with Crippen molar-refractivity contribution in [3.05, 3.63) is 54.6 Å². The Morgan fingerprint density at radius 1 is 0.893 bits per heavy atom. The first-order chi connectivity index (χ1) is 13.8. The molecule has 0 saturated carbocycles. The van der Waals surface area contributed by atoms with E-state index >= 15 is 0 Å². The van der Waals surface area contributed by atoms with E-state index in [2.05, 4.69) is 25.3 Å². The summed E-state index contributed by atoms with van der Waals surface area (Å²) in [5, 5.41) is 12.2. The molecule has 3 aromatic rings. The quantitative estimate of drug-likeness (QED) is 0.620. The average molecular weight is 380 g/mol. The van der Waals surface area contributed by atoms with Crippen molar-refractivity contribution in [2.45, 2.75) is 0 Å². The van der Waals surface area contributed by atoms with Crippen LogP contribution in [0, 0.1) is 0 Å². The zero-order valence-electron chi connectivity index (χ0n) is 15.9. The number of methoxy groups -OCH3 is 1. The first-order valence-corrected chi connectivity index (χ1v) is 9.41. The molecule has 0 radical (unpaired) electrons. The van der Waals surface area contributed by atoms with Gasteiger partial charge in [-0.05, 0) is 46.8 Å². The number of hydrogen-bond acceptors (Lipinski definition) is 7. The maximum absolute atomic E-state index is 5.84. The molecule has 8 heteroatoms. The fraction of sp³-hybridized carbons (Fsp3) is 0.350. The van der Waals surface area contributed by atoms with Gasteiger partial charge in [0, 0.05) is 32.7 Å². The van der Waals surface area contributed by atoms with Gasteiger partial charge < -0.3 is 14.4 Å². The van der Waals surface area contributed by atoms with Gasteiger partial charge in [-0.15, -0.1) is 0 Å². The van der Waals surface area contributed by atoms with E-state index < -0.39 is 0 Å².